The number of aromatic nitrogens is 1. The number of pyridine rings is 1. The lowest BCUT2D eigenvalue weighted by Gasteiger charge is -2.25. The lowest BCUT2D eigenvalue weighted by molar-refractivity contribution is 0.0714. The molecule has 3 aromatic rings. The molecule has 3 heterocycles. The van der Waals surface area contributed by atoms with Gasteiger partial charge >= 0.3 is 0 Å². The molecule has 1 N–H and O–H groups in total. The third kappa shape index (κ3) is 2.63. The molecule has 1 aliphatic heterocycles. The summed E-state index contributed by atoms with van der Waals surface area (Å²) in [6, 6.07) is 14.6. The van der Waals surface area contributed by atoms with E-state index in [4.69, 9.17) is 16.0 Å². The zero-order chi connectivity index (χ0) is 16.5. The number of carbonyl (C=O) groups is 1. The Morgan fingerprint density at radius 3 is 2.92 bits per heavy atom. The Hall–Kier alpha value is -2.79. The average Bonchev–Trinajstić information content (AvgIpc) is 3.18. The van der Waals surface area contributed by atoms with Gasteiger partial charge in [-0.2, -0.15) is 0 Å². The molecule has 2 aromatic heterocycles. The molecule has 6 heteroatoms. The zero-order valence-corrected chi connectivity index (χ0v) is 13.4. The van der Waals surface area contributed by atoms with Crippen LogP contribution < -0.4 is 5.32 Å². The maximum absolute atomic E-state index is 12.8. The number of anilines is 1. The molecule has 1 aromatic carbocycles. The highest BCUT2D eigenvalue weighted by atomic mass is 35.5. The van der Waals surface area contributed by atoms with E-state index in [2.05, 4.69) is 10.3 Å². The minimum atomic E-state index is -0.378. The van der Waals surface area contributed by atoms with Crippen LogP contribution in [-0.4, -0.2) is 15.8 Å². The molecule has 5 nitrogen and oxygen atoms in total. The Bertz CT molecular complexity index is 879. The molecule has 0 aliphatic carbocycles. The maximum Gasteiger partial charge on any atom is 0.258 e. The van der Waals surface area contributed by atoms with Crippen molar-refractivity contribution in [2.45, 2.75) is 12.7 Å². The minimum Gasteiger partial charge on any atom is -0.467 e. The van der Waals surface area contributed by atoms with Crippen molar-refractivity contribution >= 4 is 23.2 Å². The predicted octanol–water partition coefficient (Wildman–Crippen LogP) is 4.09. The van der Waals surface area contributed by atoms with Gasteiger partial charge in [0.25, 0.3) is 5.91 Å². The topological polar surface area (TPSA) is 58.4 Å². The molecule has 1 aliphatic rings. The van der Waals surface area contributed by atoms with Crippen LogP contribution in [0.4, 0.5) is 5.69 Å². The number of fused-ring (bicyclic) bond motifs is 1. The summed E-state index contributed by atoms with van der Waals surface area (Å²) in [4.78, 5) is 18.9. The third-order valence-corrected chi connectivity index (χ3v) is 4.17. The van der Waals surface area contributed by atoms with E-state index in [0.717, 1.165) is 5.69 Å². The van der Waals surface area contributed by atoms with Crippen LogP contribution in [0.15, 0.2) is 65.4 Å². The van der Waals surface area contributed by atoms with E-state index in [1.54, 1.807) is 41.6 Å². The first-order valence-electron chi connectivity index (χ1n) is 7.53. The third-order valence-electron chi connectivity index (χ3n) is 3.93. The van der Waals surface area contributed by atoms with E-state index in [1.807, 2.05) is 24.3 Å². The van der Waals surface area contributed by atoms with Crippen molar-refractivity contribution < 1.29 is 9.21 Å². The van der Waals surface area contributed by atoms with E-state index in [1.165, 1.54) is 0 Å². The van der Waals surface area contributed by atoms with Gasteiger partial charge in [-0.1, -0.05) is 17.7 Å². The number of hydrogen-bond donors (Lipinski definition) is 1. The monoisotopic (exact) mass is 339 g/mol. The minimum absolute atomic E-state index is 0.0750. The van der Waals surface area contributed by atoms with Crippen LogP contribution in [0.25, 0.3) is 0 Å². The van der Waals surface area contributed by atoms with Crippen LogP contribution in [-0.2, 0) is 6.54 Å². The van der Waals surface area contributed by atoms with Crippen molar-refractivity contribution in [1.29, 1.82) is 0 Å². The Labute approximate surface area is 143 Å². The van der Waals surface area contributed by atoms with E-state index in [-0.39, 0.29) is 12.1 Å². The van der Waals surface area contributed by atoms with Gasteiger partial charge in [0.15, 0.2) is 0 Å². The van der Waals surface area contributed by atoms with Crippen LogP contribution in [0.5, 0.6) is 0 Å². The molecule has 1 atom stereocenters. The summed E-state index contributed by atoms with van der Waals surface area (Å²) in [5, 5.41) is 3.98. The molecule has 1 amide bonds. The van der Waals surface area contributed by atoms with Crippen molar-refractivity contribution in [3.05, 3.63) is 83.0 Å². The fourth-order valence-corrected chi connectivity index (χ4v) is 3.04. The number of nitrogens with one attached hydrogen (secondary N) is 1. The Morgan fingerprint density at radius 2 is 2.12 bits per heavy atom. The van der Waals surface area contributed by atoms with Crippen molar-refractivity contribution in [2.24, 2.45) is 0 Å². The van der Waals surface area contributed by atoms with Gasteiger partial charge in [0, 0.05) is 16.9 Å². The molecule has 0 fully saturated rings. The van der Waals surface area contributed by atoms with Gasteiger partial charge in [0.05, 0.1) is 24.1 Å². The molecule has 0 bridgehead atoms. The second kappa shape index (κ2) is 6.02. The standard InChI is InChI=1S/C18H14ClN3O2/c19-12-4-1-5-13(10-12)21-17-16-15(7-2-8-20-16)18(23)22(17)11-14-6-3-9-24-14/h1-10,17,21H,11H2. The number of carbonyl (C=O) groups excluding carboxylic acids is 1. The normalized spacial score (nSPS) is 16.3. The van der Waals surface area contributed by atoms with Gasteiger partial charge in [-0.25, -0.2) is 0 Å². The second-order valence-corrected chi connectivity index (χ2v) is 5.94. The van der Waals surface area contributed by atoms with Crippen LogP contribution in [0.1, 0.15) is 28.0 Å². The van der Waals surface area contributed by atoms with E-state index in [0.29, 0.717) is 28.6 Å². The lowest BCUT2D eigenvalue weighted by atomic mass is 10.2. The van der Waals surface area contributed by atoms with Gasteiger partial charge < -0.3 is 14.6 Å². The summed E-state index contributed by atoms with van der Waals surface area (Å²) in [5.74, 6) is 0.642. The SMILES string of the molecule is O=C1c2cccnc2C(Nc2cccc(Cl)c2)N1Cc1ccco1. The Morgan fingerprint density at radius 1 is 1.21 bits per heavy atom. The fraction of sp³-hybridized carbons (Fsp3) is 0.111. The van der Waals surface area contributed by atoms with Gasteiger partial charge in [-0.05, 0) is 42.5 Å². The first-order valence-corrected chi connectivity index (χ1v) is 7.90. The van der Waals surface area contributed by atoms with E-state index >= 15 is 0 Å². The molecular weight excluding hydrogens is 326 g/mol. The molecule has 24 heavy (non-hydrogen) atoms. The number of amides is 1. The van der Waals surface area contributed by atoms with Crippen molar-refractivity contribution in [3.63, 3.8) is 0 Å². The largest absolute Gasteiger partial charge is 0.467 e. The molecule has 0 spiro atoms. The smallest absolute Gasteiger partial charge is 0.258 e. The summed E-state index contributed by atoms with van der Waals surface area (Å²) in [5.41, 5.74) is 2.13. The number of furan rings is 1. The van der Waals surface area contributed by atoms with Crippen LogP contribution in [0, 0.1) is 0 Å². The van der Waals surface area contributed by atoms with Crippen LogP contribution >= 0.6 is 11.6 Å². The Kier molecular flexibility index (Phi) is 3.70. The quantitative estimate of drug-likeness (QED) is 0.777. The molecular formula is C18H14ClN3O2. The average molecular weight is 340 g/mol. The number of benzene rings is 1. The number of hydrogen-bond acceptors (Lipinski definition) is 4. The molecule has 0 radical (unpaired) electrons. The van der Waals surface area contributed by atoms with Crippen LogP contribution in [0.3, 0.4) is 0 Å². The number of rotatable bonds is 4. The van der Waals surface area contributed by atoms with E-state index < -0.39 is 0 Å². The highest BCUT2D eigenvalue weighted by Crippen LogP contribution is 2.34. The molecule has 0 saturated heterocycles. The summed E-state index contributed by atoms with van der Waals surface area (Å²) in [7, 11) is 0. The zero-order valence-electron chi connectivity index (χ0n) is 12.6. The van der Waals surface area contributed by atoms with Crippen molar-refractivity contribution in [1.82, 2.24) is 9.88 Å². The van der Waals surface area contributed by atoms with Crippen molar-refractivity contribution in [2.75, 3.05) is 5.32 Å². The van der Waals surface area contributed by atoms with E-state index in [9.17, 15) is 4.79 Å². The molecule has 1 unspecified atom stereocenters. The highest BCUT2D eigenvalue weighted by Gasteiger charge is 2.38. The van der Waals surface area contributed by atoms with Crippen LogP contribution in [0.2, 0.25) is 5.02 Å². The second-order valence-electron chi connectivity index (χ2n) is 5.51. The highest BCUT2D eigenvalue weighted by molar-refractivity contribution is 6.30. The first-order chi connectivity index (χ1) is 11.7. The summed E-state index contributed by atoms with van der Waals surface area (Å²) in [6.45, 7) is 0.362. The predicted molar refractivity (Wildman–Crippen MR) is 90.6 cm³/mol. The van der Waals surface area contributed by atoms with Gasteiger partial charge in [-0.3, -0.25) is 9.78 Å². The van der Waals surface area contributed by atoms with Gasteiger partial charge in [0.2, 0.25) is 0 Å². The van der Waals surface area contributed by atoms with Gasteiger partial charge in [-0.15, -0.1) is 0 Å². The first kappa shape index (κ1) is 14.8. The Balaban J connectivity index is 1.70. The molecule has 120 valence electrons. The summed E-state index contributed by atoms with van der Waals surface area (Å²) < 4.78 is 5.40. The molecule has 0 saturated carbocycles. The number of halogens is 1. The fourth-order valence-electron chi connectivity index (χ4n) is 2.85. The van der Waals surface area contributed by atoms with Crippen molar-refractivity contribution in [3.8, 4) is 0 Å². The van der Waals surface area contributed by atoms with Gasteiger partial charge in [0.1, 0.15) is 11.9 Å². The summed E-state index contributed by atoms with van der Waals surface area (Å²) in [6.07, 6.45) is 2.91. The lowest BCUT2D eigenvalue weighted by Crippen LogP contribution is -2.31. The summed E-state index contributed by atoms with van der Waals surface area (Å²) >= 11 is 6.06. The number of nitrogens with zero attached hydrogens (tertiary/aromatic N) is 2. The maximum atomic E-state index is 12.8. The molecule has 4 rings (SSSR count).